The second-order valence-electron chi connectivity index (χ2n) is 7.90. The van der Waals surface area contributed by atoms with E-state index in [4.69, 9.17) is 4.84 Å². The molecule has 0 saturated carbocycles. The summed E-state index contributed by atoms with van der Waals surface area (Å²) < 4.78 is 56.9. The van der Waals surface area contributed by atoms with E-state index in [0.29, 0.717) is 18.9 Å². The van der Waals surface area contributed by atoms with Gasteiger partial charge in [0.15, 0.2) is 0 Å². The van der Waals surface area contributed by atoms with Crippen molar-refractivity contribution >= 4 is 5.71 Å². The zero-order valence-electron chi connectivity index (χ0n) is 17.7. The molecular formula is C24H21F4N3O2. The Bertz CT molecular complexity index is 1230. The molecule has 2 heterocycles. The molecule has 0 amide bonds. The summed E-state index contributed by atoms with van der Waals surface area (Å²) in [6.07, 6.45) is 2.43. The van der Waals surface area contributed by atoms with E-state index < -0.39 is 34.4 Å². The molecule has 1 aromatic heterocycles. The van der Waals surface area contributed by atoms with Gasteiger partial charge in [-0.3, -0.25) is 4.79 Å². The van der Waals surface area contributed by atoms with E-state index in [1.165, 1.54) is 24.4 Å². The Hall–Kier alpha value is -3.46. The van der Waals surface area contributed by atoms with Crippen LogP contribution in [0.3, 0.4) is 0 Å². The monoisotopic (exact) mass is 459 g/mol. The van der Waals surface area contributed by atoms with E-state index in [1.807, 2.05) is 7.05 Å². The Kier molecular flexibility index (Phi) is 6.60. The summed E-state index contributed by atoms with van der Waals surface area (Å²) in [5.74, 6) is -3.52. The third-order valence-corrected chi connectivity index (χ3v) is 5.55. The number of oxime groups is 1. The largest absolute Gasteiger partial charge is 0.392 e. The van der Waals surface area contributed by atoms with Crippen molar-refractivity contribution < 1.29 is 22.4 Å². The molecule has 172 valence electrons. The normalized spacial score (nSPS) is 15.6. The first kappa shape index (κ1) is 22.7. The molecule has 9 heteroatoms. The summed E-state index contributed by atoms with van der Waals surface area (Å²) in [4.78, 5) is 22.6. The molecule has 0 radical (unpaired) electrons. The lowest BCUT2D eigenvalue weighted by Gasteiger charge is -2.27. The summed E-state index contributed by atoms with van der Waals surface area (Å²) in [5.41, 5.74) is -1.53. The van der Waals surface area contributed by atoms with Crippen molar-refractivity contribution in [2.75, 3.05) is 20.1 Å². The fourth-order valence-corrected chi connectivity index (χ4v) is 3.72. The predicted octanol–water partition coefficient (Wildman–Crippen LogP) is 4.46. The fraction of sp³-hybridized carbons (Fsp3) is 0.250. The molecule has 4 rings (SSSR count). The van der Waals surface area contributed by atoms with Crippen LogP contribution in [0.1, 0.15) is 24.0 Å². The zero-order chi connectivity index (χ0) is 23.5. The lowest BCUT2D eigenvalue weighted by molar-refractivity contribution is 0.0163. The summed E-state index contributed by atoms with van der Waals surface area (Å²) in [6.45, 7) is 1.60. The van der Waals surface area contributed by atoms with Crippen molar-refractivity contribution in [3.05, 3.63) is 93.4 Å². The van der Waals surface area contributed by atoms with E-state index in [1.54, 1.807) is 0 Å². The van der Waals surface area contributed by atoms with E-state index >= 15 is 0 Å². The number of hydrogen-bond acceptors (Lipinski definition) is 4. The Labute approximate surface area is 187 Å². The number of likely N-dealkylation sites (tertiary alicyclic amines) is 1. The second-order valence-corrected chi connectivity index (χ2v) is 7.90. The molecule has 0 atom stereocenters. The smallest absolute Gasteiger partial charge is 0.256 e. The molecule has 3 aromatic rings. The quantitative estimate of drug-likeness (QED) is 0.348. The minimum Gasteiger partial charge on any atom is -0.392 e. The van der Waals surface area contributed by atoms with Crippen LogP contribution in [0.15, 0.2) is 58.6 Å². The molecule has 1 fully saturated rings. The summed E-state index contributed by atoms with van der Waals surface area (Å²) in [7, 11) is 1.99. The maximum Gasteiger partial charge on any atom is 0.256 e. The minimum atomic E-state index is -0.924. The van der Waals surface area contributed by atoms with Crippen LogP contribution in [-0.2, 0) is 4.84 Å². The van der Waals surface area contributed by atoms with Gasteiger partial charge in [0.1, 0.15) is 35.1 Å². The van der Waals surface area contributed by atoms with E-state index in [2.05, 4.69) is 15.0 Å². The van der Waals surface area contributed by atoms with Crippen LogP contribution >= 0.6 is 0 Å². The van der Waals surface area contributed by atoms with Crippen LogP contribution in [0.5, 0.6) is 0 Å². The first-order chi connectivity index (χ1) is 15.8. The number of nitrogens with zero attached hydrogens (tertiary/aromatic N) is 2. The number of nitrogens with one attached hydrogen (secondary N) is 1. The maximum absolute atomic E-state index is 14.7. The van der Waals surface area contributed by atoms with E-state index in [9.17, 15) is 22.4 Å². The number of H-pyrrole nitrogens is 1. The molecule has 0 aliphatic carbocycles. The van der Waals surface area contributed by atoms with Crippen molar-refractivity contribution in [3.63, 3.8) is 0 Å². The lowest BCUT2D eigenvalue weighted by atomic mass is 9.99. The number of pyridine rings is 1. The van der Waals surface area contributed by atoms with Gasteiger partial charge in [-0.15, -0.1) is 0 Å². The zero-order valence-corrected chi connectivity index (χ0v) is 17.7. The molecule has 1 N–H and O–H groups in total. The van der Waals surface area contributed by atoms with Gasteiger partial charge in [0.25, 0.3) is 5.56 Å². The van der Waals surface area contributed by atoms with Crippen LogP contribution in [0.2, 0.25) is 0 Å². The molecule has 1 saturated heterocycles. The van der Waals surface area contributed by atoms with Crippen molar-refractivity contribution in [2.45, 2.75) is 18.9 Å². The SMILES string of the molecule is CN1CCC(O/N=C(\c2c[nH]c(=O)c(-c3c(F)cccc3F)c2)c2ccc(F)cc2F)CC1. The third-order valence-electron chi connectivity index (χ3n) is 5.55. The van der Waals surface area contributed by atoms with E-state index in [-0.39, 0.29) is 28.5 Å². The van der Waals surface area contributed by atoms with Gasteiger partial charge in [0.05, 0.1) is 11.1 Å². The van der Waals surface area contributed by atoms with Crippen LogP contribution in [-0.4, -0.2) is 41.8 Å². The Balaban J connectivity index is 1.80. The number of benzene rings is 2. The molecule has 0 unspecified atom stereocenters. The molecule has 5 nitrogen and oxygen atoms in total. The van der Waals surface area contributed by atoms with Gasteiger partial charge in [-0.25, -0.2) is 17.6 Å². The van der Waals surface area contributed by atoms with Crippen LogP contribution in [0, 0.1) is 23.3 Å². The molecule has 0 bridgehead atoms. The molecular weight excluding hydrogens is 438 g/mol. The number of aromatic amines is 1. The van der Waals surface area contributed by atoms with Crippen molar-refractivity contribution in [3.8, 4) is 11.1 Å². The van der Waals surface area contributed by atoms with Crippen molar-refractivity contribution in [2.24, 2.45) is 5.16 Å². The third kappa shape index (κ3) is 4.98. The predicted molar refractivity (Wildman–Crippen MR) is 116 cm³/mol. The van der Waals surface area contributed by atoms with Gasteiger partial charge < -0.3 is 14.7 Å². The molecule has 1 aliphatic heterocycles. The average molecular weight is 459 g/mol. The highest BCUT2D eigenvalue weighted by Crippen LogP contribution is 2.25. The molecule has 0 spiro atoms. The number of hydrogen-bond donors (Lipinski definition) is 1. The van der Waals surface area contributed by atoms with Crippen molar-refractivity contribution in [1.82, 2.24) is 9.88 Å². The molecule has 33 heavy (non-hydrogen) atoms. The summed E-state index contributed by atoms with van der Waals surface area (Å²) in [5, 5.41) is 4.14. The standard InChI is InChI=1S/C24H21F4N3O2/c1-31-9-7-16(8-10-31)33-30-23(17-6-5-15(25)12-21(17)28)14-11-18(24(32)29-13-14)22-19(26)3-2-4-20(22)27/h2-6,11-13,16H,7-10H2,1H3,(H,29,32)/b30-23+. The van der Waals surface area contributed by atoms with Crippen LogP contribution in [0.4, 0.5) is 17.6 Å². The van der Waals surface area contributed by atoms with Gasteiger partial charge in [0.2, 0.25) is 0 Å². The minimum absolute atomic E-state index is 0.0410. The van der Waals surface area contributed by atoms with Gasteiger partial charge in [-0.05, 0) is 50.2 Å². The number of piperidine rings is 1. The molecule has 1 aliphatic rings. The Morgan fingerprint density at radius 3 is 2.39 bits per heavy atom. The number of halogens is 4. The van der Waals surface area contributed by atoms with Crippen LogP contribution in [0.25, 0.3) is 11.1 Å². The average Bonchev–Trinajstić information content (AvgIpc) is 2.78. The topological polar surface area (TPSA) is 57.7 Å². The second kappa shape index (κ2) is 9.58. The maximum atomic E-state index is 14.7. The van der Waals surface area contributed by atoms with Gasteiger partial charge in [0, 0.05) is 36.5 Å². The summed E-state index contributed by atoms with van der Waals surface area (Å²) in [6, 6.07) is 7.40. The molecule has 2 aromatic carbocycles. The highest BCUT2D eigenvalue weighted by Gasteiger charge is 2.22. The number of aromatic nitrogens is 1. The first-order valence-corrected chi connectivity index (χ1v) is 10.4. The highest BCUT2D eigenvalue weighted by molar-refractivity contribution is 6.13. The highest BCUT2D eigenvalue weighted by atomic mass is 19.1. The van der Waals surface area contributed by atoms with Gasteiger partial charge in [-0.2, -0.15) is 0 Å². The van der Waals surface area contributed by atoms with Crippen molar-refractivity contribution in [1.29, 1.82) is 0 Å². The van der Waals surface area contributed by atoms with Gasteiger partial charge >= 0.3 is 0 Å². The Morgan fingerprint density at radius 2 is 1.73 bits per heavy atom. The van der Waals surface area contributed by atoms with E-state index in [0.717, 1.165) is 31.3 Å². The number of rotatable bonds is 5. The fourth-order valence-electron chi connectivity index (χ4n) is 3.72. The van der Waals surface area contributed by atoms with Gasteiger partial charge in [-0.1, -0.05) is 11.2 Å². The Morgan fingerprint density at radius 1 is 1.03 bits per heavy atom. The lowest BCUT2D eigenvalue weighted by Crippen LogP contribution is -2.33. The summed E-state index contributed by atoms with van der Waals surface area (Å²) >= 11 is 0. The van der Waals surface area contributed by atoms with Crippen LogP contribution < -0.4 is 5.56 Å². The first-order valence-electron chi connectivity index (χ1n) is 10.4.